The van der Waals surface area contributed by atoms with E-state index in [2.05, 4.69) is 34.6 Å². The largest absolute Gasteiger partial charge is 0.497 e. The van der Waals surface area contributed by atoms with E-state index in [9.17, 15) is 4.79 Å². The average molecular weight is 638 g/mol. The highest BCUT2D eigenvalue weighted by atomic mass is 16.5. The molecule has 1 fully saturated rings. The first-order valence-electron chi connectivity index (χ1n) is 16.0. The van der Waals surface area contributed by atoms with E-state index in [0.717, 1.165) is 65.5 Å². The molecule has 0 radical (unpaired) electrons. The molecule has 11 heteroatoms. The summed E-state index contributed by atoms with van der Waals surface area (Å²) in [4.78, 5) is 30.0. The number of anilines is 6. The molecule has 0 saturated carbocycles. The minimum Gasteiger partial charge on any atom is -0.497 e. The topological polar surface area (TPSA) is 104 Å². The number of hydrogen-bond donors (Lipinski definition) is 2. The number of piperazine rings is 1. The molecule has 47 heavy (non-hydrogen) atoms. The smallest absolute Gasteiger partial charge is 0.335 e. The Labute approximate surface area is 276 Å². The lowest BCUT2D eigenvalue weighted by molar-refractivity contribution is 0.243. The molecule has 3 aromatic carbocycles. The van der Waals surface area contributed by atoms with Crippen LogP contribution < -0.4 is 39.5 Å². The molecule has 1 saturated heterocycles. The Morgan fingerprint density at radius 1 is 0.894 bits per heavy atom. The van der Waals surface area contributed by atoms with Gasteiger partial charge in [0.2, 0.25) is 5.95 Å². The summed E-state index contributed by atoms with van der Waals surface area (Å²) in [5.74, 6) is 2.62. The number of carbonyl (C=O) groups excluding carboxylic acids is 1. The van der Waals surface area contributed by atoms with Crippen LogP contribution in [-0.2, 0) is 6.54 Å². The number of aryl methyl sites for hydroxylation is 3. The van der Waals surface area contributed by atoms with Crippen molar-refractivity contribution in [3.63, 3.8) is 0 Å². The molecule has 3 heterocycles. The molecule has 0 bridgehead atoms. The summed E-state index contributed by atoms with van der Waals surface area (Å²) < 4.78 is 17.5. The Hall–Kier alpha value is -5.03. The Balaban J connectivity index is 1.44. The molecule has 0 aliphatic carbocycles. The predicted molar refractivity (Wildman–Crippen MR) is 187 cm³/mol. The van der Waals surface area contributed by atoms with Crippen LogP contribution in [0.15, 0.2) is 54.7 Å². The van der Waals surface area contributed by atoms with Gasteiger partial charge in [-0.15, -0.1) is 0 Å². The minimum absolute atomic E-state index is 0.0369. The zero-order valence-corrected chi connectivity index (χ0v) is 28.2. The number of nitrogens with zero attached hydrogens (tertiary/aromatic N) is 5. The molecular weight excluding hydrogens is 594 g/mol. The van der Waals surface area contributed by atoms with Crippen molar-refractivity contribution in [2.75, 3.05) is 60.4 Å². The second-order valence-electron chi connectivity index (χ2n) is 12.2. The van der Waals surface area contributed by atoms with Gasteiger partial charge >= 0.3 is 6.03 Å². The second kappa shape index (κ2) is 13.4. The van der Waals surface area contributed by atoms with E-state index in [-0.39, 0.29) is 12.1 Å². The van der Waals surface area contributed by atoms with Gasteiger partial charge in [0.05, 0.1) is 43.9 Å². The lowest BCUT2D eigenvalue weighted by Crippen LogP contribution is -2.46. The molecule has 6 rings (SSSR count). The minimum atomic E-state index is -0.247. The van der Waals surface area contributed by atoms with Gasteiger partial charge in [-0.05, 0) is 69.5 Å². The molecule has 0 atom stereocenters. The monoisotopic (exact) mass is 637 g/mol. The number of benzene rings is 3. The predicted octanol–water partition coefficient (Wildman–Crippen LogP) is 6.64. The van der Waals surface area contributed by atoms with Gasteiger partial charge in [-0.1, -0.05) is 18.2 Å². The number of para-hydroxylation sites is 1. The van der Waals surface area contributed by atoms with Gasteiger partial charge in [-0.25, -0.2) is 14.7 Å². The van der Waals surface area contributed by atoms with Crippen LogP contribution in [0.2, 0.25) is 0 Å². The molecule has 11 nitrogen and oxygen atoms in total. The fourth-order valence-electron chi connectivity index (χ4n) is 6.30. The van der Waals surface area contributed by atoms with Crippen molar-refractivity contribution >= 4 is 40.5 Å². The first-order valence-corrected chi connectivity index (χ1v) is 16.0. The summed E-state index contributed by atoms with van der Waals surface area (Å²) in [6.45, 7) is 14.2. The van der Waals surface area contributed by atoms with Crippen molar-refractivity contribution in [2.24, 2.45) is 0 Å². The van der Waals surface area contributed by atoms with Gasteiger partial charge < -0.3 is 29.7 Å². The van der Waals surface area contributed by atoms with E-state index in [1.165, 1.54) is 0 Å². The fraction of sp³-hybridized carbons (Fsp3) is 0.361. The molecule has 4 aromatic rings. The SMILES string of the molecule is COc1ccc(N2C(=O)N(c3c(C)cccc3C)Cc3cnc(Nc4cc(C)c(N5CCNCC5)cc4OC(C)C)nc32)c(OC)c1. The highest BCUT2D eigenvalue weighted by Crippen LogP contribution is 2.43. The third kappa shape index (κ3) is 6.35. The summed E-state index contributed by atoms with van der Waals surface area (Å²) in [6, 6.07) is 15.3. The lowest BCUT2D eigenvalue weighted by atomic mass is 10.1. The van der Waals surface area contributed by atoms with Crippen molar-refractivity contribution in [1.29, 1.82) is 0 Å². The number of methoxy groups -OCH3 is 2. The molecule has 1 aromatic heterocycles. The highest BCUT2D eigenvalue weighted by molar-refractivity contribution is 6.11. The van der Waals surface area contributed by atoms with Gasteiger partial charge in [0.25, 0.3) is 0 Å². The van der Waals surface area contributed by atoms with Gasteiger partial charge in [0, 0.05) is 55.8 Å². The number of ether oxygens (including phenoxy) is 3. The molecule has 2 aliphatic rings. The summed E-state index contributed by atoms with van der Waals surface area (Å²) in [5.41, 5.74) is 7.21. The summed E-state index contributed by atoms with van der Waals surface area (Å²) in [5, 5.41) is 6.83. The molecule has 0 unspecified atom stereocenters. The molecule has 2 amide bonds. The standard InChI is InChI=1S/C36H43N7O4/c1-22(2)47-31-19-30(41-15-13-37-14-16-41)25(5)17-28(31)39-35-38-20-26-21-42(33-23(3)9-8-10-24(33)4)36(44)43(34(26)40-35)29-12-11-27(45-6)18-32(29)46-7/h8-12,17-20,22,37H,13-16,21H2,1-7H3,(H,38,39,40). The van der Waals surface area contributed by atoms with Crippen LogP contribution in [0.25, 0.3) is 0 Å². The van der Waals surface area contributed by atoms with E-state index in [1.807, 2.05) is 52.0 Å². The van der Waals surface area contributed by atoms with Crippen molar-refractivity contribution in [2.45, 2.75) is 47.3 Å². The number of carbonyl (C=O) groups is 1. The molecule has 2 N–H and O–H groups in total. The number of fused-ring (bicyclic) bond motifs is 1. The van der Waals surface area contributed by atoms with Gasteiger partial charge in [0.15, 0.2) is 5.82 Å². The molecule has 0 spiro atoms. The second-order valence-corrected chi connectivity index (χ2v) is 12.2. The first kappa shape index (κ1) is 31.9. The lowest BCUT2D eigenvalue weighted by Gasteiger charge is -2.37. The Bertz CT molecular complexity index is 1770. The van der Waals surface area contributed by atoms with E-state index in [1.54, 1.807) is 42.3 Å². The van der Waals surface area contributed by atoms with Crippen molar-refractivity contribution < 1.29 is 19.0 Å². The van der Waals surface area contributed by atoms with E-state index < -0.39 is 0 Å². The molecule has 246 valence electrons. The van der Waals surface area contributed by atoms with Crippen molar-refractivity contribution in [3.05, 3.63) is 77.0 Å². The van der Waals surface area contributed by atoms with Crippen LogP contribution in [0.4, 0.5) is 39.3 Å². The van der Waals surface area contributed by atoms with Crippen LogP contribution in [0.5, 0.6) is 17.2 Å². The van der Waals surface area contributed by atoms with Crippen LogP contribution in [0, 0.1) is 20.8 Å². The number of urea groups is 1. The molecule has 2 aliphatic heterocycles. The summed E-state index contributed by atoms with van der Waals surface area (Å²) >= 11 is 0. The highest BCUT2D eigenvalue weighted by Gasteiger charge is 2.37. The van der Waals surface area contributed by atoms with Crippen molar-refractivity contribution in [1.82, 2.24) is 15.3 Å². The number of nitrogens with one attached hydrogen (secondary N) is 2. The third-order valence-corrected chi connectivity index (χ3v) is 8.51. The number of rotatable bonds is 9. The van der Waals surface area contributed by atoms with Crippen LogP contribution in [0.3, 0.4) is 0 Å². The van der Waals surface area contributed by atoms with Crippen molar-refractivity contribution in [3.8, 4) is 17.2 Å². The number of amides is 2. The van der Waals surface area contributed by atoms with E-state index in [4.69, 9.17) is 24.2 Å². The Morgan fingerprint density at radius 3 is 2.32 bits per heavy atom. The average Bonchev–Trinajstić information content (AvgIpc) is 3.06. The number of hydrogen-bond acceptors (Lipinski definition) is 9. The Kier molecular flexibility index (Phi) is 9.08. The zero-order chi connectivity index (χ0) is 33.2. The van der Waals surface area contributed by atoms with Gasteiger partial charge in [0.1, 0.15) is 17.2 Å². The maximum atomic E-state index is 14.5. The normalized spacial score (nSPS) is 14.7. The number of aromatic nitrogens is 2. The quantitative estimate of drug-likeness (QED) is 0.209. The van der Waals surface area contributed by atoms with Gasteiger partial charge in [-0.2, -0.15) is 4.98 Å². The Morgan fingerprint density at radius 2 is 1.64 bits per heavy atom. The van der Waals surface area contributed by atoms with Crippen LogP contribution in [-0.4, -0.2) is 62.5 Å². The van der Waals surface area contributed by atoms with Crippen LogP contribution >= 0.6 is 0 Å². The fourth-order valence-corrected chi connectivity index (χ4v) is 6.30. The van der Waals surface area contributed by atoms with Gasteiger partial charge in [-0.3, -0.25) is 4.90 Å². The maximum absolute atomic E-state index is 14.5. The van der Waals surface area contributed by atoms with Crippen LogP contribution in [0.1, 0.15) is 36.1 Å². The maximum Gasteiger partial charge on any atom is 0.335 e. The summed E-state index contributed by atoms with van der Waals surface area (Å²) in [6.07, 6.45) is 1.75. The molecular formula is C36H43N7O4. The van der Waals surface area contributed by atoms with E-state index in [0.29, 0.717) is 41.2 Å². The first-order chi connectivity index (χ1) is 22.7. The third-order valence-electron chi connectivity index (χ3n) is 8.51. The van der Waals surface area contributed by atoms with E-state index >= 15 is 0 Å². The summed E-state index contributed by atoms with van der Waals surface area (Å²) in [7, 11) is 3.17. The zero-order valence-electron chi connectivity index (χ0n) is 28.2.